The minimum absolute atomic E-state index is 0.0593. The molecule has 0 heterocycles. The second kappa shape index (κ2) is 6.66. The van der Waals surface area contributed by atoms with Gasteiger partial charge in [0.2, 0.25) is 0 Å². The predicted octanol–water partition coefficient (Wildman–Crippen LogP) is 1.80. The first-order valence-corrected chi connectivity index (χ1v) is 9.29. The Hall–Kier alpha value is -1.27. The molecule has 0 aliphatic heterocycles. The summed E-state index contributed by atoms with van der Waals surface area (Å²) in [6.07, 6.45) is 6.99. The van der Waals surface area contributed by atoms with Crippen molar-refractivity contribution in [3.8, 4) is 0 Å². The number of hydrogen-bond donors (Lipinski definition) is 2. The number of nitrogen functional groups attached to an aromatic ring is 1. The lowest BCUT2D eigenvalue weighted by molar-refractivity contribution is 0.290. The van der Waals surface area contributed by atoms with Gasteiger partial charge in [-0.15, -0.1) is 0 Å². The third-order valence-electron chi connectivity index (χ3n) is 4.09. The molecule has 0 spiro atoms. The molecule has 21 heavy (non-hydrogen) atoms. The van der Waals surface area contributed by atoms with E-state index in [-0.39, 0.29) is 11.5 Å². The van der Waals surface area contributed by atoms with Crippen molar-refractivity contribution in [2.24, 2.45) is 0 Å². The van der Waals surface area contributed by atoms with Crippen molar-refractivity contribution >= 4 is 21.2 Å². The molecule has 0 radical (unpaired) electrons. The van der Waals surface area contributed by atoms with Gasteiger partial charge in [0.05, 0.1) is 22.9 Å². The third kappa shape index (κ3) is 3.89. The SMILES string of the molecule is CS(=O)(=O)c1ccc(N(CCO)C2CCCCC2)c(N)c1. The molecular formula is C15H24N2O3S. The number of sulfone groups is 1. The number of aliphatic hydroxyl groups excluding tert-OH is 1. The summed E-state index contributed by atoms with van der Waals surface area (Å²) in [5.41, 5.74) is 7.35. The van der Waals surface area contributed by atoms with Crippen molar-refractivity contribution < 1.29 is 13.5 Å². The summed E-state index contributed by atoms with van der Waals surface area (Å²) in [6.45, 7) is 0.580. The van der Waals surface area contributed by atoms with Crippen LogP contribution in [0.15, 0.2) is 23.1 Å². The molecule has 1 aliphatic rings. The number of nitrogens with zero attached hydrogens (tertiary/aromatic N) is 1. The van der Waals surface area contributed by atoms with Crippen molar-refractivity contribution in [3.63, 3.8) is 0 Å². The zero-order valence-corrected chi connectivity index (χ0v) is 13.3. The van der Waals surface area contributed by atoms with Crippen LogP contribution in [-0.4, -0.2) is 39.0 Å². The van der Waals surface area contributed by atoms with Gasteiger partial charge in [-0.1, -0.05) is 19.3 Å². The quantitative estimate of drug-likeness (QED) is 0.810. The molecule has 118 valence electrons. The molecule has 0 aromatic heterocycles. The van der Waals surface area contributed by atoms with Crippen molar-refractivity contribution in [3.05, 3.63) is 18.2 Å². The highest BCUT2D eigenvalue weighted by atomic mass is 32.2. The smallest absolute Gasteiger partial charge is 0.175 e. The average Bonchev–Trinajstić information content (AvgIpc) is 2.45. The molecule has 1 fully saturated rings. The summed E-state index contributed by atoms with van der Waals surface area (Å²) < 4.78 is 23.2. The fraction of sp³-hybridized carbons (Fsp3) is 0.600. The first kappa shape index (κ1) is 16.1. The number of hydrogen-bond acceptors (Lipinski definition) is 5. The van der Waals surface area contributed by atoms with Crippen LogP contribution in [0.25, 0.3) is 0 Å². The molecule has 3 N–H and O–H groups in total. The number of anilines is 2. The predicted molar refractivity (Wildman–Crippen MR) is 85.3 cm³/mol. The van der Waals surface area contributed by atoms with Crippen LogP contribution in [0, 0.1) is 0 Å². The van der Waals surface area contributed by atoms with Gasteiger partial charge in [-0.25, -0.2) is 8.42 Å². The Morgan fingerprint density at radius 1 is 1.29 bits per heavy atom. The second-order valence-electron chi connectivity index (χ2n) is 5.70. The molecule has 1 aliphatic carbocycles. The van der Waals surface area contributed by atoms with Gasteiger partial charge in [-0.05, 0) is 31.0 Å². The summed E-state index contributed by atoms with van der Waals surface area (Å²) in [6, 6.07) is 5.24. The normalized spacial score (nSPS) is 16.9. The van der Waals surface area contributed by atoms with Crippen LogP contribution in [0.2, 0.25) is 0 Å². The van der Waals surface area contributed by atoms with E-state index in [4.69, 9.17) is 5.73 Å². The van der Waals surface area contributed by atoms with E-state index in [1.165, 1.54) is 31.6 Å². The van der Waals surface area contributed by atoms with Crippen LogP contribution in [0.3, 0.4) is 0 Å². The van der Waals surface area contributed by atoms with E-state index in [1.54, 1.807) is 12.1 Å². The molecule has 2 rings (SSSR count). The number of benzene rings is 1. The lowest BCUT2D eigenvalue weighted by atomic mass is 9.93. The maximum atomic E-state index is 11.6. The van der Waals surface area contributed by atoms with E-state index < -0.39 is 9.84 Å². The highest BCUT2D eigenvalue weighted by Crippen LogP contribution is 2.32. The molecule has 0 unspecified atom stereocenters. The van der Waals surface area contributed by atoms with Gasteiger partial charge in [0.1, 0.15) is 0 Å². The second-order valence-corrected chi connectivity index (χ2v) is 7.72. The van der Waals surface area contributed by atoms with E-state index in [2.05, 4.69) is 4.90 Å². The van der Waals surface area contributed by atoms with Gasteiger partial charge in [-0.3, -0.25) is 0 Å². The maximum absolute atomic E-state index is 11.6. The summed E-state index contributed by atoms with van der Waals surface area (Å²) >= 11 is 0. The average molecular weight is 312 g/mol. The van der Waals surface area contributed by atoms with E-state index in [0.29, 0.717) is 18.3 Å². The first-order valence-electron chi connectivity index (χ1n) is 7.40. The lowest BCUT2D eigenvalue weighted by Gasteiger charge is -2.36. The number of nitrogens with two attached hydrogens (primary N) is 1. The Balaban J connectivity index is 2.31. The molecule has 0 saturated heterocycles. The van der Waals surface area contributed by atoms with Crippen LogP contribution in [-0.2, 0) is 9.84 Å². The number of aliphatic hydroxyl groups is 1. The minimum Gasteiger partial charge on any atom is -0.397 e. The summed E-state index contributed by atoms with van der Waals surface area (Å²) in [4.78, 5) is 2.36. The molecule has 1 aromatic carbocycles. The Morgan fingerprint density at radius 2 is 1.95 bits per heavy atom. The molecular weight excluding hydrogens is 288 g/mol. The largest absolute Gasteiger partial charge is 0.397 e. The fourth-order valence-electron chi connectivity index (χ4n) is 3.02. The Bertz CT molecular complexity index is 581. The van der Waals surface area contributed by atoms with E-state index in [1.807, 2.05) is 0 Å². The highest BCUT2D eigenvalue weighted by molar-refractivity contribution is 7.90. The van der Waals surface area contributed by atoms with Crippen LogP contribution in [0.5, 0.6) is 0 Å². The summed E-state index contributed by atoms with van der Waals surface area (Å²) in [5.74, 6) is 0. The molecule has 6 heteroatoms. The first-order chi connectivity index (χ1) is 9.93. The van der Waals surface area contributed by atoms with Crippen molar-refractivity contribution in [2.75, 3.05) is 30.0 Å². The number of rotatable bonds is 5. The zero-order chi connectivity index (χ0) is 15.5. The van der Waals surface area contributed by atoms with E-state index in [9.17, 15) is 13.5 Å². The fourth-order valence-corrected chi connectivity index (χ4v) is 3.68. The van der Waals surface area contributed by atoms with Crippen molar-refractivity contribution in [2.45, 2.75) is 43.0 Å². The summed E-state index contributed by atoms with van der Waals surface area (Å²) in [5, 5.41) is 9.33. The van der Waals surface area contributed by atoms with E-state index in [0.717, 1.165) is 18.5 Å². The highest BCUT2D eigenvalue weighted by Gasteiger charge is 2.23. The van der Waals surface area contributed by atoms with Gasteiger partial charge >= 0.3 is 0 Å². The van der Waals surface area contributed by atoms with Crippen LogP contribution in [0.4, 0.5) is 11.4 Å². The standard InChI is InChI=1S/C15H24N2O3S/c1-21(19,20)13-7-8-15(14(16)11-13)17(9-10-18)12-5-3-2-4-6-12/h7-8,11-12,18H,2-6,9-10,16H2,1H3. The maximum Gasteiger partial charge on any atom is 0.175 e. The van der Waals surface area contributed by atoms with E-state index >= 15 is 0 Å². The Morgan fingerprint density at radius 3 is 2.48 bits per heavy atom. The molecule has 1 aromatic rings. The molecule has 0 amide bonds. The minimum atomic E-state index is -3.25. The third-order valence-corrected chi connectivity index (χ3v) is 5.20. The van der Waals surface area contributed by atoms with Crippen molar-refractivity contribution in [1.29, 1.82) is 0 Å². The molecule has 0 bridgehead atoms. The van der Waals surface area contributed by atoms with Crippen molar-refractivity contribution in [1.82, 2.24) is 0 Å². The molecule has 0 atom stereocenters. The Kier molecular flexibility index (Phi) is 5.11. The molecule has 5 nitrogen and oxygen atoms in total. The zero-order valence-electron chi connectivity index (χ0n) is 12.5. The van der Waals surface area contributed by atoms with Crippen LogP contribution in [0.1, 0.15) is 32.1 Å². The van der Waals surface area contributed by atoms with Gasteiger partial charge in [-0.2, -0.15) is 0 Å². The van der Waals surface area contributed by atoms with Gasteiger partial charge in [0.25, 0.3) is 0 Å². The van der Waals surface area contributed by atoms with Crippen LogP contribution >= 0.6 is 0 Å². The topological polar surface area (TPSA) is 83.6 Å². The molecule has 1 saturated carbocycles. The lowest BCUT2D eigenvalue weighted by Crippen LogP contribution is -2.39. The van der Waals surface area contributed by atoms with Gasteiger partial charge in [0, 0.05) is 18.8 Å². The van der Waals surface area contributed by atoms with Gasteiger partial charge < -0.3 is 15.7 Å². The summed E-state index contributed by atoms with van der Waals surface area (Å²) in [7, 11) is -3.25. The van der Waals surface area contributed by atoms with Gasteiger partial charge in [0.15, 0.2) is 9.84 Å². The van der Waals surface area contributed by atoms with Crippen LogP contribution < -0.4 is 10.6 Å². The monoisotopic (exact) mass is 312 g/mol. The Labute approximate surface area is 126 Å².